The summed E-state index contributed by atoms with van der Waals surface area (Å²) >= 11 is 0. The molecule has 0 aliphatic heterocycles. The highest BCUT2D eigenvalue weighted by Gasteiger charge is 2.23. The van der Waals surface area contributed by atoms with Crippen LogP contribution in [0.2, 0.25) is 0 Å². The topological polar surface area (TPSA) is 42.4 Å². The zero-order chi connectivity index (χ0) is 16.9. The third kappa shape index (κ3) is 3.29. The summed E-state index contributed by atoms with van der Waals surface area (Å²) in [5.41, 5.74) is 2.86. The van der Waals surface area contributed by atoms with Crippen LogP contribution < -0.4 is 0 Å². The Labute approximate surface area is 141 Å². The van der Waals surface area contributed by atoms with Crippen molar-refractivity contribution < 1.29 is 9.53 Å². The van der Waals surface area contributed by atoms with Crippen LogP contribution in [0.3, 0.4) is 0 Å². The van der Waals surface area contributed by atoms with Gasteiger partial charge in [-0.15, -0.1) is 0 Å². The van der Waals surface area contributed by atoms with Crippen molar-refractivity contribution in [2.45, 2.75) is 12.6 Å². The molecule has 0 N–H and O–H groups in total. The van der Waals surface area contributed by atoms with E-state index in [1.807, 2.05) is 60.7 Å². The van der Waals surface area contributed by atoms with Crippen LogP contribution in [0.25, 0.3) is 10.9 Å². The average Bonchev–Trinajstić information content (AvgIpc) is 2.63. The molecule has 0 saturated heterocycles. The first kappa shape index (κ1) is 16.1. The second-order valence-corrected chi connectivity index (χ2v) is 5.71. The normalized spacial score (nSPS) is 12.1. The van der Waals surface area contributed by atoms with E-state index in [9.17, 15) is 4.79 Å². The van der Waals surface area contributed by atoms with Gasteiger partial charge in [-0.05, 0) is 23.3 Å². The lowest BCUT2D eigenvalue weighted by molar-refractivity contribution is -0.141. The molecule has 0 spiro atoms. The fraction of sp³-hybridized carbons (Fsp3) is 0.200. The van der Waals surface area contributed by atoms with Crippen molar-refractivity contribution in [2.75, 3.05) is 14.2 Å². The Morgan fingerprint density at radius 3 is 2.62 bits per heavy atom. The van der Waals surface area contributed by atoms with E-state index in [1.165, 1.54) is 0 Å². The average molecular weight is 320 g/mol. The van der Waals surface area contributed by atoms with Gasteiger partial charge in [0, 0.05) is 32.3 Å². The van der Waals surface area contributed by atoms with Gasteiger partial charge in [-0.25, -0.2) is 0 Å². The van der Waals surface area contributed by atoms with Gasteiger partial charge in [-0.2, -0.15) is 0 Å². The molecule has 3 aromatic rings. The molecule has 0 saturated carbocycles. The van der Waals surface area contributed by atoms with Gasteiger partial charge in [0.25, 0.3) is 5.91 Å². The number of pyridine rings is 1. The number of likely N-dealkylation sites (N-methyl/N-ethyl adjacent to an activating group) is 1. The molecule has 0 fully saturated rings. The van der Waals surface area contributed by atoms with Crippen molar-refractivity contribution in [3.63, 3.8) is 0 Å². The predicted molar refractivity (Wildman–Crippen MR) is 94.4 cm³/mol. The van der Waals surface area contributed by atoms with E-state index in [4.69, 9.17) is 4.74 Å². The number of nitrogens with zero attached hydrogens (tertiary/aromatic N) is 2. The molecular weight excluding hydrogens is 300 g/mol. The van der Waals surface area contributed by atoms with Crippen molar-refractivity contribution in [3.05, 3.63) is 78.0 Å². The second-order valence-electron chi connectivity index (χ2n) is 5.71. The molecular formula is C20H20N2O2. The molecule has 0 bridgehead atoms. The van der Waals surface area contributed by atoms with E-state index < -0.39 is 6.10 Å². The van der Waals surface area contributed by atoms with E-state index in [1.54, 1.807) is 25.3 Å². The lowest BCUT2D eigenvalue weighted by Gasteiger charge is -2.23. The highest BCUT2D eigenvalue weighted by molar-refractivity contribution is 5.84. The number of hydrogen-bond acceptors (Lipinski definition) is 3. The van der Waals surface area contributed by atoms with E-state index >= 15 is 0 Å². The van der Waals surface area contributed by atoms with Crippen LogP contribution in [-0.4, -0.2) is 29.9 Å². The van der Waals surface area contributed by atoms with Gasteiger partial charge in [0.15, 0.2) is 6.10 Å². The number of methoxy groups -OCH3 is 1. The number of benzene rings is 2. The smallest absolute Gasteiger partial charge is 0.256 e. The molecule has 1 atom stereocenters. The van der Waals surface area contributed by atoms with Crippen molar-refractivity contribution in [1.29, 1.82) is 0 Å². The first-order valence-corrected chi connectivity index (χ1v) is 7.86. The molecule has 1 amide bonds. The maximum Gasteiger partial charge on any atom is 0.256 e. The number of amides is 1. The molecule has 1 heterocycles. The molecule has 122 valence electrons. The third-order valence-corrected chi connectivity index (χ3v) is 4.08. The van der Waals surface area contributed by atoms with Crippen LogP contribution in [-0.2, 0) is 16.1 Å². The zero-order valence-electron chi connectivity index (χ0n) is 13.8. The number of carbonyl (C=O) groups is 1. The summed E-state index contributed by atoms with van der Waals surface area (Å²) in [7, 11) is 3.36. The van der Waals surface area contributed by atoms with E-state index in [0.29, 0.717) is 6.54 Å². The van der Waals surface area contributed by atoms with Crippen LogP contribution >= 0.6 is 0 Å². The number of carbonyl (C=O) groups excluding carboxylic acids is 1. The quantitative estimate of drug-likeness (QED) is 0.721. The largest absolute Gasteiger partial charge is 0.367 e. The van der Waals surface area contributed by atoms with Gasteiger partial charge in [0.2, 0.25) is 0 Å². The summed E-state index contributed by atoms with van der Waals surface area (Å²) in [5.74, 6) is -0.0652. The molecule has 0 radical (unpaired) electrons. The number of hydrogen-bond donors (Lipinski definition) is 0. The number of fused-ring (bicyclic) bond motifs is 1. The summed E-state index contributed by atoms with van der Waals surface area (Å²) in [6, 6.07) is 19.5. The number of aromatic nitrogens is 1. The molecule has 0 aliphatic carbocycles. The molecule has 24 heavy (non-hydrogen) atoms. The Bertz CT molecular complexity index is 828. The Kier molecular flexibility index (Phi) is 4.87. The van der Waals surface area contributed by atoms with Crippen LogP contribution in [0, 0.1) is 0 Å². The molecule has 2 aromatic carbocycles. The van der Waals surface area contributed by atoms with Gasteiger partial charge in [-0.3, -0.25) is 9.78 Å². The fourth-order valence-corrected chi connectivity index (χ4v) is 2.85. The van der Waals surface area contributed by atoms with E-state index in [2.05, 4.69) is 4.98 Å². The lowest BCUT2D eigenvalue weighted by Crippen LogP contribution is -2.32. The first-order valence-electron chi connectivity index (χ1n) is 7.86. The van der Waals surface area contributed by atoms with E-state index in [0.717, 1.165) is 22.0 Å². The number of ether oxygens (including phenoxy) is 1. The maximum absolute atomic E-state index is 12.8. The summed E-state index contributed by atoms with van der Waals surface area (Å²) in [6.45, 7) is 0.508. The van der Waals surface area contributed by atoms with Crippen LogP contribution in [0.4, 0.5) is 0 Å². The Balaban J connectivity index is 1.83. The number of rotatable bonds is 5. The standard InChI is InChI=1S/C20H20N2O2/c1-22(20(23)19(24-2)15-8-4-3-5-9-15)14-16-10-6-12-18-17(16)11-7-13-21-18/h3-13,19H,14H2,1-2H3. The molecule has 4 nitrogen and oxygen atoms in total. The van der Waals surface area contributed by atoms with Crippen LogP contribution in [0.1, 0.15) is 17.2 Å². The van der Waals surface area contributed by atoms with Crippen molar-refractivity contribution in [1.82, 2.24) is 9.88 Å². The monoisotopic (exact) mass is 320 g/mol. The third-order valence-electron chi connectivity index (χ3n) is 4.08. The van der Waals surface area contributed by atoms with E-state index in [-0.39, 0.29) is 5.91 Å². The van der Waals surface area contributed by atoms with Gasteiger partial charge in [0.05, 0.1) is 5.52 Å². The minimum Gasteiger partial charge on any atom is -0.367 e. The van der Waals surface area contributed by atoms with Crippen LogP contribution in [0.15, 0.2) is 66.9 Å². The Hall–Kier alpha value is -2.72. The predicted octanol–water partition coefficient (Wildman–Crippen LogP) is 3.58. The summed E-state index contributed by atoms with van der Waals surface area (Å²) in [4.78, 5) is 18.9. The minimum absolute atomic E-state index is 0.0652. The highest BCUT2D eigenvalue weighted by Crippen LogP contribution is 2.22. The summed E-state index contributed by atoms with van der Waals surface area (Å²) < 4.78 is 5.44. The summed E-state index contributed by atoms with van der Waals surface area (Å²) in [5, 5.41) is 1.06. The van der Waals surface area contributed by atoms with Gasteiger partial charge >= 0.3 is 0 Å². The zero-order valence-corrected chi connectivity index (χ0v) is 13.8. The minimum atomic E-state index is -0.593. The van der Waals surface area contributed by atoms with Crippen LogP contribution in [0.5, 0.6) is 0 Å². The Morgan fingerprint density at radius 1 is 1.08 bits per heavy atom. The molecule has 3 rings (SSSR count). The van der Waals surface area contributed by atoms with Gasteiger partial charge in [-0.1, -0.05) is 48.5 Å². The maximum atomic E-state index is 12.8. The SMILES string of the molecule is COC(C(=O)N(C)Cc1cccc2ncccc12)c1ccccc1. The summed E-state index contributed by atoms with van der Waals surface area (Å²) in [6.07, 6.45) is 1.18. The van der Waals surface area contributed by atoms with Gasteiger partial charge in [0.1, 0.15) is 0 Å². The highest BCUT2D eigenvalue weighted by atomic mass is 16.5. The first-order chi connectivity index (χ1) is 11.7. The van der Waals surface area contributed by atoms with Crippen molar-refractivity contribution >= 4 is 16.8 Å². The van der Waals surface area contributed by atoms with Crippen molar-refractivity contribution in [3.8, 4) is 0 Å². The van der Waals surface area contributed by atoms with Gasteiger partial charge < -0.3 is 9.64 Å². The molecule has 4 heteroatoms. The molecule has 1 unspecified atom stereocenters. The molecule has 0 aliphatic rings. The second kappa shape index (κ2) is 7.23. The fourth-order valence-electron chi connectivity index (χ4n) is 2.85. The van der Waals surface area contributed by atoms with Crippen molar-refractivity contribution in [2.24, 2.45) is 0 Å². The molecule has 1 aromatic heterocycles. The lowest BCUT2D eigenvalue weighted by atomic mass is 10.1. The Morgan fingerprint density at radius 2 is 1.88 bits per heavy atom.